The molecule has 4 heteroatoms. The molecule has 4 nitrogen and oxygen atoms in total. The van der Waals surface area contributed by atoms with Crippen LogP contribution in [0.5, 0.6) is 0 Å². The topological polar surface area (TPSA) is 51.0 Å². The maximum Gasteiger partial charge on any atom is 0.295 e. The molecule has 66 valence electrons. The van der Waals surface area contributed by atoms with Crippen LogP contribution < -0.4 is 5.32 Å². The van der Waals surface area contributed by atoms with Gasteiger partial charge in [0.15, 0.2) is 5.58 Å². The van der Waals surface area contributed by atoms with Gasteiger partial charge in [0.25, 0.3) is 6.01 Å². The van der Waals surface area contributed by atoms with Crippen molar-refractivity contribution in [2.75, 3.05) is 5.32 Å². The minimum atomic E-state index is 0.570. The van der Waals surface area contributed by atoms with Crippen LogP contribution in [0.15, 0.2) is 22.9 Å². The van der Waals surface area contributed by atoms with Crippen molar-refractivity contribution in [3.63, 3.8) is 0 Å². The molecule has 1 aliphatic carbocycles. The standard InChI is InChI=1S/C9H9N3O/c1-2-6(1)11-9-12-7-5-10-4-3-8(7)13-9/h3-6H,1-2H2,(H,11,12). The number of rotatable bonds is 2. The fourth-order valence-electron chi connectivity index (χ4n) is 1.24. The predicted octanol–water partition coefficient (Wildman–Crippen LogP) is 1.80. The summed E-state index contributed by atoms with van der Waals surface area (Å²) in [6.45, 7) is 0. The molecule has 0 atom stereocenters. The van der Waals surface area contributed by atoms with E-state index in [0.29, 0.717) is 12.1 Å². The van der Waals surface area contributed by atoms with Crippen molar-refractivity contribution in [1.82, 2.24) is 9.97 Å². The van der Waals surface area contributed by atoms with E-state index in [-0.39, 0.29) is 0 Å². The molecular formula is C9H9N3O. The minimum Gasteiger partial charge on any atom is -0.423 e. The maximum absolute atomic E-state index is 5.46. The Bertz CT molecular complexity index is 400. The Labute approximate surface area is 75.0 Å². The molecule has 0 radical (unpaired) electrons. The third kappa shape index (κ3) is 1.24. The maximum atomic E-state index is 5.46. The highest BCUT2D eigenvalue weighted by atomic mass is 16.4. The Kier molecular flexibility index (Phi) is 1.30. The van der Waals surface area contributed by atoms with Gasteiger partial charge in [0, 0.05) is 18.3 Å². The summed E-state index contributed by atoms with van der Waals surface area (Å²) in [6, 6.07) is 3.01. The zero-order chi connectivity index (χ0) is 8.67. The summed E-state index contributed by atoms with van der Waals surface area (Å²) in [5.41, 5.74) is 1.60. The van der Waals surface area contributed by atoms with E-state index in [1.807, 2.05) is 6.07 Å². The quantitative estimate of drug-likeness (QED) is 0.756. The molecule has 0 aromatic carbocycles. The fourth-order valence-corrected chi connectivity index (χ4v) is 1.24. The second kappa shape index (κ2) is 2.45. The van der Waals surface area contributed by atoms with Crippen molar-refractivity contribution in [3.8, 4) is 0 Å². The lowest BCUT2D eigenvalue weighted by Gasteiger charge is -1.93. The molecule has 13 heavy (non-hydrogen) atoms. The largest absolute Gasteiger partial charge is 0.423 e. The van der Waals surface area contributed by atoms with Gasteiger partial charge in [0.2, 0.25) is 0 Å². The van der Waals surface area contributed by atoms with Gasteiger partial charge in [-0.2, -0.15) is 4.98 Å². The first-order chi connectivity index (χ1) is 6.42. The predicted molar refractivity (Wildman–Crippen MR) is 48.4 cm³/mol. The van der Waals surface area contributed by atoms with Gasteiger partial charge in [0.1, 0.15) is 5.52 Å². The van der Waals surface area contributed by atoms with Crippen LogP contribution in [0, 0.1) is 0 Å². The van der Waals surface area contributed by atoms with Crippen molar-refractivity contribution < 1.29 is 4.42 Å². The first-order valence-corrected chi connectivity index (χ1v) is 4.39. The Balaban J connectivity index is 2.00. The number of nitrogens with one attached hydrogen (secondary N) is 1. The number of hydrogen-bond acceptors (Lipinski definition) is 4. The molecular weight excluding hydrogens is 166 g/mol. The molecule has 0 saturated heterocycles. The number of oxazole rings is 1. The van der Waals surface area contributed by atoms with Crippen LogP contribution >= 0.6 is 0 Å². The number of pyridine rings is 1. The van der Waals surface area contributed by atoms with E-state index in [0.717, 1.165) is 11.1 Å². The number of nitrogens with zero attached hydrogens (tertiary/aromatic N) is 2. The van der Waals surface area contributed by atoms with Crippen molar-refractivity contribution in [1.29, 1.82) is 0 Å². The van der Waals surface area contributed by atoms with E-state index in [9.17, 15) is 0 Å². The molecule has 0 spiro atoms. The van der Waals surface area contributed by atoms with Crippen LogP contribution in [0.25, 0.3) is 11.1 Å². The van der Waals surface area contributed by atoms with E-state index < -0.39 is 0 Å². The van der Waals surface area contributed by atoms with Gasteiger partial charge in [-0.25, -0.2) is 0 Å². The van der Waals surface area contributed by atoms with Crippen molar-refractivity contribution in [2.45, 2.75) is 18.9 Å². The Morgan fingerprint density at radius 1 is 1.46 bits per heavy atom. The van der Waals surface area contributed by atoms with E-state index in [1.54, 1.807) is 12.4 Å². The van der Waals surface area contributed by atoms with Crippen LogP contribution in [0.3, 0.4) is 0 Å². The van der Waals surface area contributed by atoms with Gasteiger partial charge in [0.05, 0.1) is 6.20 Å². The van der Waals surface area contributed by atoms with Crippen LogP contribution in [-0.4, -0.2) is 16.0 Å². The van der Waals surface area contributed by atoms with Crippen molar-refractivity contribution in [3.05, 3.63) is 18.5 Å². The molecule has 2 heterocycles. The smallest absolute Gasteiger partial charge is 0.295 e. The van der Waals surface area contributed by atoms with Crippen LogP contribution in [0.1, 0.15) is 12.8 Å². The van der Waals surface area contributed by atoms with Gasteiger partial charge >= 0.3 is 0 Å². The van der Waals surface area contributed by atoms with Gasteiger partial charge in [-0.05, 0) is 12.8 Å². The minimum absolute atomic E-state index is 0.570. The van der Waals surface area contributed by atoms with Crippen LogP contribution in [-0.2, 0) is 0 Å². The number of fused-ring (bicyclic) bond motifs is 1. The van der Waals surface area contributed by atoms with Gasteiger partial charge in [-0.3, -0.25) is 4.98 Å². The summed E-state index contributed by atoms with van der Waals surface area (Å²) in [7, 11) is 0. The average Bonchev–Trinajstić information content (AvgIpc) is 2.85. The Hall–Kier alpha value is -1.58. The van der Waals surface area contributed by atoms with Crippen molar-refractivity contribution >= 4 is 17.1 Å². The molecule has 1 aliphatic rings. The fraction of sp³-hybridized carbons (Fsp3) is 0.333. The molecule has 1 N–H and O–H groups in total. The summed E-state index contributed by atoms with van der Waals surface area (Å²) in [4.78, 5) is 8.22. The van der Waals surface area contributed by atoms with Gasteiger partial charge in [-0.15, -0.1) is 0 Å². The highest BCUT2D eigenvalue weighted by Gasteiger charge is 2.22. The molecule has 2 aromatic heterocycles. The highest BCUT2D eigenvalue weighted by molar-refractivity contribution is 5.72. The lowest BCUT2D eigenvalue weighted by atomic mass is 10.4. The number of anilines is 1. The Morgan fingerprint density at radius 3 is 3.15 bits per heavy atom. The molecule has 0 unspecified atom stereocenters. The molecule has 2 aromatic rings. The normalized spacial score (nSPS) is 16.3. The lowest BCUT2D eigenvalue weighted by molar-refractivity contribution is 0.614. The number of aromatic nitrogens is 2. The first-order valence-electron chi connectivity index (χ1n) is 4.39. The van der Waals surface area contributed by atoms with Crippen LogP contribution in [0.2, 0.25) is 0 Å². The zero-order valence-corrected chi connectivity index (χ0v) is 7.03. The highest BCUT2D eigenvalue weighted by Crippen LogP contribution is 2.25. The first kappa shape index (κ1) is 6.88. The summed E-state index contributed by atoms with van der Waals surface area (Å²) in [5, 5.41) is 3.20. The Morgan fingerprint density at radius 2 is 2.38 bits per heavy atom. The SMILES string of the molecule is c1cc2oc(NC3CC3)nc2cn1. The molecule has 3 rings (SSSR count). The zero-order valence-electron chi connectivity index (χ0n) is 7.03. The molecule has 1 saturated carbocycles. The van der Waals surface area contributed by atoms with Gasteiger partial charge < -0.3 is 9.73 Å². The summed E-state index contributed by atoms with van der Waals surface area (Å²) in [5.74, 6) is 0. The van der Waals surface area contributed by atoms with Crippen LogP contribution in [0.4, 0.5) is 6.01 Å². The molecule has 0 aliphatic heterocycles. The summed E-state index contributed by atoms with van der Waals surface area (Å²) < 4.78 is 5.46. The van der Waals surface area contributed by atoms with Gasteiger partial charge in [-0.1, -0.05) is 0 Å². The summed E-state index contributed by atoms with van der Waals surface area (Å²) >= 11 is 0. The third-order valence-corrected chi connectivity index (χ3v) is 2.09. The van der Waals surface area contributed by atoms with Crippen molar-refractivity contribution in [2.24, 2.45) is 0 Å². The second-order valence-corrected chi connectivity index (χ2v) is 3.28. The molecule has 0 amide bonds. The molecule has 0 bridgehead atoms. The third-order valence-electron chi connectivity index (χ3n) is 2.09. The lowest BCUT2D eigenvalue weighted by Crippen LogP contribution is -2.00. The monoisotopic (exact) mass is 175 g/mol. The average molecular weight is 175 g/mol. The summed E-state index contributed by atoms with van der Waals surface area (Å²) in [6.07, 6.45) is 5.85. The van der Waals surface area contributed by atoms with E-state index in [2.05, 4.69) is 15.3 Å². The van der Waals surface area contributed by atoms with E-state index >= 15 is 0 Å². The number of hydrogen-bond donors (Lipinski definition) is 1. The van der Waals surface area contributed by atoms with E-state index in [1.165, 1.54) is 12.8 Å². The van der Waals surface area contributed by atoms with E-state index in [4.69, 9.17) is 4.42 Å². The second-order valence-electron chi connectivity index (χ2n) is 3.28. The molecule has 1 fully saturated rings.